The Bertz CT molecular complexity index is 1100. The fourth-order valence-corrected chi connectivity index (χ4v) is 6.42. The average Bonchev–Trinajstić information content (AvgIpc) is 3.18. The number of morpholine rings is 1. The Morgan fingerprint density at radius 3 is 2.45 bits per heavy atom. The summed E-state index contributed by atoms with van der Waals surface area (Å²) in [6.45, 7) is 4.84. The highest BCUT2D eigenvalue weighted by molar-refractivity contribution is 7.89. The molecule has 180 valence electrons. The molecule has 0 spiro atoms. The van der Waals surface area contributed by atoms with Gasteiger partial charge >= 0.3 is 6.18 Å². The molecule has 0 N–H and O–H groups in total. The van der Waals surface area contributed by atoms with Gasteiger partial charge in [-0.2, -0.15) is 17.5 Å². The number of alkyl halides is 3. The average molecular weight is 487 g/mol. The second-order valence-corrected chi connectivity index (χ2v) is 10.5. The van der Waals surface area contributed by atoms with Crippen LogP contribution in [0.15, 0.2) is 47.4 Å². The van der Waals surface area contributed by atoms with Crippen LogP contribution < -0.4 is 0 Å². The largest absolute Gasteiger partial charge is 0.416 e. The molecule has 0 aliphatic carbocycles. The van der Waals surface area contributed by atoms with Crippen LogP contribution in [-0.2, 0) is 20.9 Å². The zero-order valence-electron chi connectivity index (χ0n) is 18.2. The molecule has 4 rings (SSSR count). The summed E-state index contributed by atoms with van der Waals surface area (Å²) >= 11 is 0. The highest BCUT2D eigenvalue weighted by atomic mass is 32.2. The summed E-state index contributed by atoms with van der Waals surface area (Å²) < 4.78 is 87.0. The molecule has 10 heteroatoms. The summed E-state index contributed by atoms with van der Waals surface area (Å²) in [6, 6.07) is 8.65. The number of aryl methyl sites for hydroxylation is 1. The van der Waals surface area contributed by atoms with Gasteiger partial charge in [0.2, 0.25) is 10.0 Å². The number of ether oxygens (including phenoxy) is 1. The van der Waals surface area contributed by atoms with E-state index in [-0.39, 0.29) is 23.9 Å². The number of sulfonamides is 1. The van der Waals surface area contributed by atoms with Crippen LogP contribution in [0.2, 0.25) is 0 Å². The third-order valence-corrected chi connectivity index (χ3v) is 8.39. The van der Waals surface area contributed by atoms with Crippen molar-refractivity contribution in [3.63, 3.8) is 0 Å². The van der Waals surface area contributed by atoms with Gasteiger partial charge in [0, 0.05) is 38.6 Å². The first kappa shape index (κ1) is 24.1. The molecule has 2 aliphatic heterocycles. The van der Waals surface area contributed by atoms with E-state index in [0.717, 1.165) is 18.2 Å². The zero-order valence-corrected chi connectivity index (χ0v) is 19.0. The number of halogens is 4. The quantitative estimate of drug-likeness (QED) is 0.602. The molecule has 2 unspecified atom stereocenters. The van der Waals surface area contributed by atoms with E-state index < -0.39 is 33.5 Å². The van der Waals surface area contributed by atoms with E-state index >= 15 is 0 Å². The molecule has 2 aromatic rings. The highest BCUT2D eigenvalue weighted by Gasteiger charge is 2.42. The predicted molar refractivity (Wildman–Crippen MR) is 115 cm³/mol. The summed E-state index contributed by atoms with van der Waals surface area (Å²) in [5.41, 5.74) is 0.0136. The lowest BCUT2D eigenvalue weighted by Gasteiger charge is -2.31. The Morgan fingerprint density at radius 2 is 1.79 bits per heavy atom. The highest BCUT2D eigenvalue weighted by Crippen LogP contribution is 2.39. The molecule has 2 heterocycles. The lowest BCUT2D eigenvalue weighted by Crippen LogP contribution is -2.41. The van der Waals surface area contributed by atoms with Crippen LogP contribution in [-0.4, -0.2) is 63.6 Å². The van der Waals surface area contributed by atoms with Gasteiger partial charge in [-0.25, -0.2) is 12.8 Å². The maximum atomic E-state index is 13.5. The summed E-state index contributed by atoms with van der Waals surface area (Å²) in [5, 5.41) is 0. The summed E-state index contributed by atoms with van der Waals surface area (Å²) in [4.78, 5) is 2.17. The van der Waals surface area contributed by atoms with Gasteiger partial charge < -0.3 is 4.74 Å². The molecule has 0 bridgehead atoms. The molecule has 0 radical (unpaired) electrons. The minimum atomic E-state index is -4.48. The van der Waals surface area contributed by atoms with Gasteiger partial charge in [0.1, 0.15) is 5.82 Å². The number of hydrogen-bond donors (Lipinski definition) is 0. The SMILES string of the molecule is Cc1cc(F)ccc1S(=O)(=O)N1CC(CN2CCOCC2)C(c2cccc(C(F)(F)F)c2)C1. The summed E-state index contributed by atoms with van der Waals surface area (Å²) in [5.74, 6) is -1.12. The first-order valence-electron chi connectivity index (χ1n) is 10.8. The molecule has 2 fully saturated rings. The Labute approximate surface area is 191 Å². The third-order valence-electron chi connectivity index (χ3n) is 6.40. The second-order valence-electron chi connectivity index (χ2n) is 8.63. The number of nitrogens with zero attached hydrogens (tertiary/aromatic N) is 2. The standard InChI is InChI=1S/C23H26F4N2O3S/c1-16-11-20(24)5-6-22(16)33(30,31)29-14-18(13-28-7-9-32-10-8-28)21(15-29)17-3-2-4-19(12-17)23(25,26)27/h2-6,11-12,18,21H,7-10,13-15H2,1H3. The topological polar surface area (TPSA) is 49.9 Å². The lowest BCUT2D eigenvalue weighted by molar-refractivity contribution is -0.137. The minimum Gasteiger partial charge on any atom is -0.379 e. The second kappa shape index (κ2) is 9.32. The maximum Gasteiger partial charge on any atom is 0.416 e. The molecular formula is C23H26F4N2O3S. The van der Waals surface area contributed by atoms with Crippen molar-refractivity contribution in [1.29, 1.82) is 0 Å². The molecule has 0 saturated carbocycles. The minimum absolute atomic E-state index is 0.0127. The van der Waals surface area contributed by atoms with Crippen LogP contribution in [0, 0.1) is 18.7 Å². The number of rotatable bonds is 5. The van der Waals surface area contributed by atoms with E-state index in [1.54, 1.807) is 6.07 Å². The molecule has 2 saturated heterocycles. The van der Waals surface area contributed by atoms with E-state index in [4.69, 9.17) is 4.74 Å². The first-order chi connectivity index (χ1) is 15.6. The summed E-state index contributed by atoms with van der Waals surface area (Å²) in [7, 11) is -3.94. The van der Waals surface area contributed by atoms with Crippen LogP contribution in [0.25, 0.3) is 0 Å². The van der Waals surface area contributed by atoms with Gasteiger partial charge in [-0.1, -0.05) is 18.2 Å². The van der Waals surface area contributed by atoms with Gasteiger partial charge in [0.15, 0.2) is 0 Å². The van der Waals surface area contributed by atoms with Gasteiger partial charge in [-0.05, 0) is 48.2 Å². The summed E-state index contributed by atoms with van der Waals surface area (Å²) in [6.07, 6.45) is -4.48. The number of hydrogen-bond acceptors (Lipinski definition) is 4. The molecule has 2 aromatic carbocycles. The lowest BCUT2D eigenvalue weighted by atomic mass is 9.87. The Morgan fingerprint density at radius 1 is 1.06 bits per heavy atom. The zero-order chi connectivity index (χ0) is 23.8. The molecule has 5 nitrogen and oxygen atoms in total. The monoisotopic (exact) mass is 486 g/mol. The van der Waals surface area contributed by atoms with Crippen molar-refractivity contribution >= 4 is 10.0 Å². The Hall–Kier alpha value is -2.01. The fraction of sp³-hybridized carbons (Fsp3) is 0.478. The molecule has 0 amide bonds. The van der Waals surface area contributed by atoms with Crippen molar-refractivity contribution < 1.29 is 30.7 Å². The predicted octanol–water partition coefficient (Wildman–Crippen LogP) is 3.89. The number of benzene rings is 2. The molecular weight excluding hydrogens is 460 g/mol. The van der Waals surface area contributed by atoms with Crippen molar-refractivity contribution in [3.8, 4) is 0 Å². The van der Waals surface area contributed by atoms with Gasteiger partial charge in [-0.15, -0.1) is 0 Å². The Kier molecular flexibility index (Phi) is 6.82. The van der Waals surface area contributed by atoms with Crippen LogP contribution >= 0.6 is 0 Å². The van der Waals surface area contributed by atoms with Crippen LogP contribution in [0.3, 0.4) is 0 Å². The van der Waals surface area contributed by atoms with Crippen LogP contribution in [0.5, 0.6) is 0 Å². The van der Waals surface area contributed by atoms with E-state index in [9.17, 15) is 26.0 Å². The van der Waals surface area contributed by atoms with Crippen LogP contribution in [0.1, 0.15) is 22.6 Å². The molecule has 33 heavy (non-hydrogen) atoms. The van der Waals surface area contributed by atoms with Crippen molar-refractivity contribution in [2.75, 3.05) is 45.9 Å². The van der Waals surface area contributed by atoms with E-state index in [2.05, 4.69) is 4.90 Å². The Balaban J connectivity index is 1.66. The van der Waals surface area contributed by atoms with Gasteiger partial charge in [0.05, 0.1) is 23.7 Å². The van der Waals surface area contributed by atoms with Crippen molar-refractivity contribution in [2.45, 2.75) is 23.9 Å². The van der Waals surface area contributed by atoms with Gasteiger partial charge in [-0.3, -0.25) is 4.90 Å². The third kappa shape index (κ3) is 5.24. The molecule has 2 aliphatic rings. The van der Waals surface area contributed by atoms with E-state index in [0.29, 0.717) is 44.0 Å². The van der Waals surface area contributed by atoms with Crippen molar-refractivity contribution in [3.05, 3.63) is 65.0 Å². The molecule has 2 atom stereocenters. The fourth-order valence-electron chi connectivity index (χ4n) is 4.69. The van der Waals surface area contributed by atoms with Crippen molar-refractivity contribution in [1.82, 2.24) is 9.21 Å². The molecule has 0 aromatic heterocycles. The smallest absolute Gasteiger partial charge is 0.379 e. The normalized spacial score (nSPS) is 23.2. The van der Waals surface area contributed by atoms with E-state index in [1.807, 2.05) is 0 Å². The van der Waals surface area contributed by atoms with Gasteiger partial charge in [0.25, 0.3) is 0 Å². The maximum absolute atomic E-state index is 13.5. The van der Waals surface area contributed by atoms with Crippen molar-refractivity contribution in [2.24, 2.45) is 5.92 Å². The van der Waals surface area contributed by atoms with Crippen LogP contribution in [0.4, 0.5) is 17.6 Å². The van der Waals surface area contributed by atoms with E-state index in [1.165, 1.54) is 29.4 Å². The first-order valence-corrected chi connectivity index (χ1v) is 12.2.